The van der Waals surface area contributed by atoms with Crippen LogP contribution in [0.1, 0.15) is 82.2 Å². The van der Waals surface area contributed by atoms with Crippen LogP contribution in [0.2, 0.25) is 17.1 Å². The molecule has 0 bridgehead atoms. The summed E-state index contributed by atoms with van der Waals surface area (Å²) in [6.45, 7) is 12.2. The molecule has 3 aromatic rings. The number of alkyl halides is 9. The van der Waals surface area contributed by atoms with E-state index >= 15 is 0 Å². The number of fused-ring (bicyclic) bond motifs is 4. The van der Waals surface area contributed by atoms with Gasteiger partial charge in [-0.25, -0.2) is 4.98 Å². The summed E-state index contributed by atoms with van der Waals surface area (Å²) in [6.07, 6.45) is -8.89. The van der Waals surface area contributed by atoms with Gasteiger partial charge in [-0.2, -0.15) is 39.5 Å². The fourth-order valence-electron chi connectivity index (χ4n) is 6.73. The Balaban J connectivity index is 1.79. The number of hydrogen-bond acceptors (Lipinski definition) is 3. The molecular formula is C33H39F9N2O2Si. The molecule has 0 aliphatic carbocycles. The molecular weight excluding hydrogens is 655 g/mol. The average molecular weight is 695 g/mol. The van der Waals surface area contributed by atoms with Gasteiger partial charge < -0.3 is 8.99 Å². The normalized spacial score (nSPS) is 15.1. The molecule has 47 heavy (non-hydrogen) atoms. The molecule has 0 radical (unpaired) electrons. The maximum Gasteiger partial charge on any atom is 0.460 e. The Morgan fingerprint density at radius 3 is 2.06 bits per heavy atom. The Bertz CT molecular complexity index is 1690. The SMILES string of the molecule is CCCC(O[Si](CCC(F)(F)C(F)(F)C(F)(F)C(F)(F)F)(C(C)C)C(C)C)c1cc2n(c(=O)c1C)Cc1c-2nc2ccccc2c1C. The standard InChI is InChI=1S/C33H39F9N2O2Si/c1-8-11-27(46-47(18(2)3,19(4)5)15-14-30(34,35)31(36,37)32(38,39)33(40,41)42)23-16-26-28-24(17-44(26)29(45)21(23)7)20(6)22-12-9-10-13-25(22)43-28/h9-10,12-13,16,18-19,27H,8,11,14-15,17H2,1-7H3. The minimum atomic E-state index is -6.95. The summed E-state index contributed by atoms with van der Waals surface area (Å²) in [6, 6.07) is 8.49. The average Bonchev–Trinajstić information content (AvgIpc) is 3.34. The Hall–Kier alpha value is -2.87. The third kappa shape index (κ3) is 6.01. The molecule has 0 N–H and O–H groups in total. The van der Waals surface area contributed by atoms with E-state index in [0.717, 1.165) is 22.0 Å². The Morgan fingerprint density at radius 1 is 0.915 bits per heavy atom. The van der Waals surface area contributed by atoms with Crippen molar-refractivity contribution < 1.29 is 43.9 Å². The van der Waals surface area contributed by atoms with E-state index in [4.69, 9.17) is 9.41 Å². The summed E-state index contributed by atoms with van der Waals surface area (Å²) in [5.41, 5.74) is 3.11. The number of halogens is 9. The van der Waals surface area contributed by atoms with E-state index < -0.39 is 61.9 Å². The first kappa shape index (κ1) is 37.0. The van der Waals surface area contributed by atoms with Gasteiger partial charge in [0.25, 0.3) is 5.56 Å². The number of rotatable bonds is 12. The lowest BCUT2D eigenvalue weighted by Crippen LogP contribution is -2.61. The summed E-state index contributed by atoms with van der Waals surface area (Å²) >= 11 is 0. The van der Waals surface area contributed by atoms with Crippen molar-refractivity contribution in [3.8, 4) is 11.4 Å². The minimum absolute atomic E-state index is 0.288. The zero-order chi connectivity index (χ0) is 35.5. The fraction of sp³-hybridized carbons (Fsp3) is 0.576. The molecule has 1 atom stereocenters. The number of hydrogen-bond donors (Lipinski definition) is 0. The van der Waals surface area contributed by atoms with Crippen LogP contribution < -0.4 is 5.56 Å². The molecule has 2 aromatic heterocycles. The molecule has 1 aliphatic rings. The van der Waals surface area contributed by atoms with Crippen molar-refractivity contribution in [1.82, 2.24) is 9.55 Å². The zero-order valence-corrected chi connectivity index (χ0v) is 28.3. The van der Waals surface area contributed by atoms with Gasteiger partial charge in [0.2, 0.25) is 0 Å². The van der Waals surface area contributed by atoms with Gasteiger partial charge in [0.15, 0.2) is 8.32 Å². The van der Waals surface area contributed by atoms with Crippen molar-refractivity contribution >= 4 is 19.2 Å². The Kier molecular flexibility index (Phi) is 9.86. The molecule has 1 unspecified atom stereocenters. The van der Waals surface area contributed by atoms with Gasteiger partial charge in [0.05, 0.1) is 29.6 Å². The molecule has 1 aliphatic heterocycles. The molecule has 0 saturated carbocycles. The topological polar surface area (TPSA) is 44.1 Å². The highest BCUT2D eigenvalue weighted by atomic mass is 28.4. The van der Waals surface area contributed by atoms with E-state index in [0.29, 0.717) is 35.4 Å². The first-order valence-corrected chi connectivity index (χ1v) is 17.8. The number of para-hydroxylation sites is 1. The molecule has 0 fully saturated rings. The number of pyridine rings is 2. The Morgan fingerprint density at radius 2 is 1.51 bits per heavy atom. The highest BCUT2D eigenvalue weighted by molar-refractivity contribution is 6.76. The summed E-state index contributed by atoms with van der Waals surface area (Å²) < 4.78 is 132. The summed E-state index contributed by atoms with van der Waals surface area (Å²) in [7, 11) is -3.67. The van der Waals surface area contributed by atoms with Gasteiger partial charge in [-0.3, -0.25) is 4.79 Å². The molecule has 0 amide bonds. The second-order valence-corrected chi connectivity index (χ2v) is 18.0. The van der Waals surface area contributed by atoms with Crippen molar-refractivity contribution in [3.63, 3.8) is 0 Å². The second-order valence-electron chi connectivity index (χ2n) is 13.1. The smallest absolute Gasteiger partial charge is 0.409 e. The number of aromatic nitrogens is 2. The fourth-order valence-corrected chi connectivity index (χ4v) is 11.4. The predicted molar refractivity (Wildman–Crippen MR) is 165 cm³/mol. The van der Waals surface area contributed by atoms with E-state index in [-0.39, 0.29) is 12.1 Å². The number of nitrogens with zero attached hydrogens (tertiary/aromatic N) is 2. The van der Waals surface area contributed by atoms with Crippen molar-refractivity contribution in [2.45, 2.75) is 121 Å². The first-order valence-electron chi connectivity index (χ1n) is 15.6. The van der Waals surface area contributed by atoms with Gasteiger partial charge >= 0.3 is 23.9 Å². The van der Waals surface area contributed by atoms with Crippen molar-refractivity contribution in [2.75, 3.05) is 0 Å². The minimum Gasteiger partial charge on any atom is -0.409 e. The lowest BCUT2D eigenvalue weighted by molar-refractivity contribution is -0.396. The van der Waals surface area contributed by atoms with E-state index in [1.807, 2.05) is 38.1 Å². The molecule has 4 rings (SSSR count). The van der Waals surface area contributed by atoms with Crippen molar-refractivity contribution in [2.24, 2.45) is 0 Å². The molecule has 1 aromatic carbocycles. The highest BCUT2D eigenvalue weighted by Crippen LogP contribution is 2.56. The lowest BCUT2D eigenvalue weighted by Gasteiger charge is -2.43. The van der Waals surface area contributed by atoms with E-state index in [1.54, 1.807) is 45.3 Å². The maximum absolute atomic E-state index is 14.8. The van der Waals surface area contributed by atoms with Crippen LogP contribution in [0.3, 0.4) is 0 Å². The molecule has 0 spiro atoms. The summed E-state index contributed by atoms with van der Waals surface area (Å²) in [5.74, 6) is -19.3. The molecule has 14 heteroatoms. The van der Waals surface area contributed by atoms with Crippen molar-refractivity contribution in [3.05, 3.63) is 62.9 Å². The van der Waals surface area contributed by atoms with Crippen LogP contribution in [-0.2, 0) is 11.0 Å². The van der Waals surface area contributed by atoms with E-state index in [2.05, 4.69) is 0 Å². The van der Waals surface area contributed by atoms with E-state index in [1.165, 1.54) is 0 Å². The van der Waals surface area contributed by atoms with Crippen LogP contribution in [0.5, 0.6) is 0 Å². The van der Waals surface area contributed by atoms with Crippen LogP contribution in [0.15, 0.2) is 35.1 Å². The van der Waals surface area contributed by atoms with Gasteiger partial charge in [-0.1, -0.05) is 59.2 Å². The van der Waals surface area contributed by atoms with Gasteiger partial charge in [-0.05, 0) is 60.7 Å². The largest absolute Gasteiger partial charge is 0.460 e. The molecule has 4 nitrogen and oxygen atoms in total. The number of aryl methyl sites for hydroxylation is 1. The van der Waals surface area contributed by atoms with Gasteiger partial charge in [-0.15, -0.1) is 0 Å². The summed E-state index contributed by atoms with van der Waals surface area (Å²) in [5, 5.41) is 0.941. The Labute approximate surface area is 268 Å². The van der Waals surface area contributed by atoms with Crippen LogP contribution in [0, 0.1) is 13.8 Å². The zero-order valence-electron chi connectivity index (χ0n) is 27.3. The summed E-state index contributed by atoms with van der Waals surface area (Å²) in [4.78, 5) is 18.6. The van der Waals surface area contributed by atoms with Crippen LogP contribution >= 0.6 is 0 Å². The monoisotopic (exact) mass is 694 g/mol. The van der Waals surface area contributed by atoms with Gasteiger partial charge in [0, 0.05) is 22.9 Å². The predicted octanol–water partition coefficient (Wildman–Crippen LogP) is 10.5. The third-order valence-corrected chi connectivity index (χ3v) is 15.3. The van der Waals surface area contributed by atoms with Crippen LogP contribution in [0.25, 0.3) is 22.3 Å². The lowest BCUT2D eigenvalue weighted by atomic mass is 9.99. The highest BCUT2D eigenvalue weighted by Gasteiger charge is 2.81. The van der Waals surface area contributed by atoms with E-state index in [9.17, 15) is 44.3 Å². The second kappa shape index (κ2) is 12.5. The quantitative estimate of drug-likeness (QED) is 0.110. The first-order chi connectivity index (χ1) is 21.6. The van der Waals surface area contributed by atoms with Crippen LogP contribution in [0.4, 0.5) is 39.5 Å². The maximum atomic E-state index is 14.8. The third-order valence-electron chi connectivity index (χ3n) is 9.67. The van der Waals surface area contributed by atoms with Crippen molar-refractivity contribution in [1.29, 1.82) is 0 Å². The molecule has 3 heterocycles. The molecule has 0 saturated heterocycles. The van der Waals surface area contributed by atoms with Gasteiger partial charge in [0.1, 0.15) is 0 Å². The molecule has 260 valence electrons. The van der Waals surface area contributed by atoms with Crippen LogP contribution in [-0.4, -0.2) is 41.8 Å². The number of benzene rings is 1.